The molecule has 3 N–H and O–H groups in total. The summed E-state index contributed by atoms with van der Waals surface area (Å²) in [5, 5.41) is 3.33. The lowest BCUT2D eigenvalue weighted by Crippen LogP contribution is -2.48. The van der Waals surface area contributed by atoms with Gasteiger partial charge < -0.3 is 20.7 Å². The topological polar surface area (TPSA) is 50.5 Å². The van der Waals surface area contributed by atoms with Crippen molar-refractivity contribution < 1.29 is 13.5 Å². The Labute approximate surface area is 154 Å². The maximum Gasteiger partial charge on any atom is 0.129 e. The van der Waals surface area contributed by atoms with Gasteiger partial charge in [0.25, 0.3) is 0 Å². The Morgan fingerprint density at radius 1 is 1.35 bits per heavy atom. The Hall–Kier alpha value is -1.66. The number of halogens is 2. The van der Waals surface area contributed by atoms with Gasteiger partial charge in [0.15, 0.2) is 0 Å². The molecule has 0 unspecified atom stereocenters. The number of nitrogens with one attached hydrogen (secondary N) is 1. The number of ether oxygens (including phenoxy) is 1. The number of nitrogens with two attached hydrogens (primary N) is 1. The van der Waals surface area contributed by atoms with E-state index in [0.29, 0.717) is 13.0 Å². The third-order valence-corrected chi connectivity index (χ3v) is 5.47. The first kappa shape index (κ1) is 19.1. The number of hydrogen-bond donors (Lipinski definition) is 2. The molecular formula is C20H29F2N3O. The van der Waals surface area contributed by atoms with Crippen LogP contribution in [-0.2, 0) is 4.74 Å². The third-order valence-electron chi connectivity index (χ3n) is 5.47. The molecule has 0 spiro atoms. The second-order valence-electron chi connectivity index (χ2n) is 7.20. The fourth-order valence-corrected chi connectivity index (χ4v) is 4.11. The summed E-state index contributed by atoms with van der Waals surface area (Å²) in [6.45, 7) is 3.62. The van der Waals surface area contributed by atoms with Crippen molar-refractivity contribution in [2.24, 2.45) is 5.73 Å². The van der Waals surface area contributed by atoms with E-state index in [1.165, 1.54) is 17.5 Å². The monoisotopic (exact) mass is 365 g/mol. The van der Waals surface area contributed by atoms with Gasteiger partial charge in [-0.15, -0.1) is 0 Å². The van der Waals surface area contributed by atoms with Gasteiger partial charge in [0.05, 0.1) is 12.6 Å². The Morgan fingerprint density at radius 2 is 2.15 bits per heavy atom. The zero-order valence-corrected chi connectivity index (χ0v) is 15.6. The van der Waals surface area contributed by atoms with E-state index in [-0.39, 0.29) is 17.6 Å². The van der Waals surface area contributed by atoms with Gasteiger partial charge >= 0.3 is 0 Å². The smallest absolute Gasteiger partial charge is 0.129 e. The number of benzene rings is 1. The Bertz CT molecular complexity index is 664. The summed E-state index contributed by atoms with van der Waals surface area (Å²) in [5.74, 6) is -0.935. The molecule has 4 nitrogen and oxygen atoms in total. The van der Waals surface area contributed by atoms with Gasteiger partial charge in [-0.1, -0.05) is 13.3 Å². The lowest BCUT2D eigenvalue weighted by atomic mass is 9.93. The number of nitrogens with zero attached hydrogens (tertiary/aromatic N) is 1. The van der Waals surface area contributed by atoms with Crippen molar-refractivity contribution in [3.63, 3.8) is 0 Å². The van der Waals surface area contributed by atoms with Gasteiger partial charge in [-0.2, -0.15) is 0 Å². The molecule has 2 aliphatic rings. The average Bonchev–Trinajstić information content (AvgIpc) is 3.05. The summed E-state index contributed by atoms with van der Waals surface area (Å²) in [6, 6.07) is 3.26. The number of unbranched alkanes of at least 4 members (excludes halogenated alkanes) is 1. The molecule has 26 heavy (non-hydrogen) atoms. The van der Waals surface area contributed by atoms with Gasteiger partial charge in [0.1, 0.15) is 17.7 Å². The summed E-state index contributed by atoms with van der Waals surface area (Å²) < 4.78 is 33.6. The quantitative estimate of drug-likeness (QED) is 0.811. The highest BCUT2D eigenvalue weighted by atomic mass is 19.1. The van der Waals surface area contributed by atoms with Crippen molar-refractivity contribution in [1.82, 2.24) is 10.2 Å². The molecule has 0 amide bonds. The lowest BCUT2D eigenvalue weighted by molar-refractivity contribution is -0.0434. The molecule has 2 heterocycles. The Morgan fingerprint density at radius 3 is 2.85 bits per heavy atom. The molecule has 0 aliphatic carbocycles. The number of rotatable bonds is 6. The molecule has 0 aromatic heterocycles. The van der Waals surface area contributed by atoms with Crippen molar-refractivity contribution in [3.05, 3.63) is 46.8 Å². The molecule has 3 atom stereocenters. The minimum Gasteiger partial charge on any atom is -0.390 e. The van der Waals surface area contributed by atoms with Gasteiger partial charge in [-0.25, -0.2) is 8.78 Å². The highest BCUT2D eigenvalue weighted by Gasteiger charge is 2.37. The van der Waals surface area contributed by atoms with E-state index < -0.39 is 17.7 Å². The van der Waals surface area contributed by atoms with Crippen molar-refractivity contribution in [3.8, 4) is 0 Å². The predicted molar refractivity (Wildman–Crippen MR) is 98.4 cm³/mol. The second kappa shape index (κ2) is 8.35. The van der Waals surface area contributed by atoms with Gasteiger partial charge in [-0.05, 0) is 37.5 Å². The molecule has 2 aliphatic heterocycles. The molecule has 1 saturated heterocycles. The third kappa shape index (κ3) is 3.86. The molecule has 144 valence electrons. The van der Waals surface area contributed by atoms with Crippen LogP contribution in [-0.4, -0.2) is 37.2 Å². The molecule has 0 bridgehead atoms. The molecule has 6 heteroatoms. The zero-order chi connectivity index (χ0) is 18.7. The number of hydrogen-bond acceptors (Lipinski definition) is 4. The molecule has 1 fully saturated rings. The van der Waals surface area contributed by atoms with E-state index in [2.05, 4.69) is 17.1 Å². The molecular weight excluding hydrogens is 336 g/mol. The normalized spacial score (nSPS) is 26.5. The van der Waals surface area contributed by atoms with Crippen LogP contribution in [0.1, 0.15) is 50.7 Å². The zero-order valence-electron chi connectivity index (χ0n) is 15.6. The molecule has 1 aromatic rings. The lowest BCUT2D eigenvalue weighted by Gasteiger charge is -2.40. The van der Waals surface area contributed by atoms with E-state index in [0.717, 1.165) is 44.4 Å². The number of allylic oxidation sites excluding steroid dienone is 1. The van der Waals surface area contributed by atoms with Crippen molar-refractivity contribution in [2.45, 2.75) is 57.2 Å². The predicted octanol–water partition coefficient (Wildman–Crippen LogP) is 3.45. The van der Waals surface area contributed by atoms with Crippen molar-refractivity contribution in [1.29, 1.82) is 0 Å². The van der Waals surface area contributed by atoms with Crippen LogP contribution in [0.15, 0.2) is 29.6 Å². The summed E-state index contributed by atoms with van der Waals surface area (Å²) in [4.78, 5) is 2.40. The van der Waals surface area contributed by atoms with Gasteiger partial charge in [-0.3, -0.25) is 0 Å². The standard InChI is InChI=1S/C20H29F2N3O/c1-3-4-5-19-18(24-2)8-9-25(19)14-11-17(23)20(26-12-14)15-10-13(21)6-7-16(15)22/h6-7,10,14,17,20,24H,3-5,8-9,11-12,23H2,1-2H3/t14-,17+,20-/m1/s1. The maximum atomic E-state index is 14.1. The molecule has 3 rings (SSSR count). The van der Waals surface area contributed by atoms with Crippen LogP contribution in [0.4, 0.5) is 8.78 Å². The molecule has 0 radical (unpaired) electrons. The first-order valence-electron chi connectivity index (χ1n) is 9.53. The minimum atomic E-state index is -0.601. The summed E-state index contributed by atoms with van der Waals surface area (Å²) in [5.41, 5.74) is 9.19. The highest BCUT2D eigenvalue weighted by molar-refractivity contribution is 5.24. The Kier molecular flexibility index (Phi) is 6.14. The van der Waals surface area contributed by atoms with E-state index in [4.69, 9.17) is 10.5 Å². The average molecular weight is 365 g/mol. The van der Waals surface area contributed by atoms with Crippen LogP contribution in [0, 0.1) is 11.6 Å². The fourth-order valence-electron chi connectivity index (χ4n) is 4.11. The summed E-state index contributed by atoms with van der Waals surface area (Å²) in [6.07, 6.45) is 4.44. The fraction of sp³-hybridized carbons (Fsp3) is 0.600. The minimum absolute atomic E-state index is 0.176. The SMILES string of the molecule is CCCCC1=C(NC)CCN1[C@H]1CO[C@H](c2cc(F)ccc2F)[C@@H](N)C1. The van der Waals surface area contributed by atoms with Crippen LogP contribution >= 0.6 is 0 Å². The van der Waals surface area contributed by atoms with Crippen LogP contribution < -0.4 is 11.1 Å². The van der Waals surface area contributed by atoms with E-state index >= 15 is 0 Å². The molecule has 1 aromatic carbocycles. The molecule has 0 saturated carbocycles. The largest absolute Gasteiger partial charge is 0.390 e. The summed E-state index contributed by atoms with van der Waals surface area (Å²) in [7, 11) is 1.97. The second-order valence-corrected chi connectivity index (χ2v) is 7.20. The van der Waals surface area contributed by atoms with Crippen molar-refractivity contribution in [2.75, 3.05) is 20.2 Å². The highest BCUT2D eigenvalue weighted by Crippen LogP contribution is 2.35. The van der Waals surface area contributed by atoms with Crippen LogP contribution in [0.5, 0.6) is 0 Å². The van der Waals surface area contributed by atoms with Gasteiger partial charge in [0, 0.05) is 43.0 Å². The Balaban J connectivity index is 1.72. The first-order valence-corrected chi connectivity index (χ1v) is 9.53. The summed E-state index contributed by atoms with van der Waals surface area (Å²) >= 11 is 0. The maximum absolute atomic E-state index is 14.1. The van der Waals surface area contributed by atoms with Crippen LogP contribution in [0.3, 0.4) is 0 Å². The van der Waals surface area contributed by atoms with E-state index in [1.807, 2.05) is 7.05 Å². The van der Waals surface area contributed by atoms with Crippen molar-refractivity contribution >= 4 is 0 Å². The van der Waals surface area contributed by atoms with E-state index in [9.17, 15) is 8.78 Å². The van der Waals surface area contributed by atoms with E-state index in [1.54, 1.807) is 0 Å². The van der Waals surface area contributed by atoms with Gasteiger partial charge in [0.2, 0.25) is 0 Å². The van der Waals surface area contributed by atoms with Crippen LogP contribution in [0.25, 0.3) is 0 Å². The first-order chi connectivity index (χ1) is 12.5. The van der Waals surface area contributed by atoms with Crippen LogP contribution in [0.2, 0.25) is 0 Å².